The molecule has 0 radical (unpaired) electrons. The van der Waals surface area contributed by atoms with Gasteiger partial charge >= 0.3 is 0 Å². The van der Waals surface area contributed by atoms with E-state index in [4.69, 9.17) is 15.2 Å². The van der Waals surface area contributed by atoms with E-state index in [0.717, 1.165) is 35.1 Å². The molecule has 1 aliphatic rings. The fourth-order valence-electron chi connectivity index (χ4n) is 2.02. The maximum Gasteiger partial charge on any atom is 0.120 e. The van der Waals surface area contributed by atoms with Gasteiger partial charge in [-0.2, -0.15) is 0 Å². The Labute approximate surface area is 113 Å². The molecule has 0 amide bonds. The highest BCUT2D eigenvalue weighted by Gasteiger charge is 2.14. The molecule has 4 heteroatoms. The van der Waals surface area contributed by atoms with E-state index in [-0.39, 0.29) is 0 Å². The van der Waals surface area contributed by atoms with Gasteiger partial charge in [-0.3, -0.25) is 0 Å². The van der Waals surface area contributed by atoms with Crippen molar-refractivity contribution in [1.29, 1.82) is 0 Å². The molecule has 1 fully saturated rings. The zero-order valence-electron chi connectivity index (χ0n) is 10.9. The summed E-state index contributed by atoms with van der Waals surface area (Å²) in [7, 11) is 0. The molecule has 0 aliphatic carbocycles. The predicted octanol–water partition coefficient (Wildman–Crippen LogP) is 3.33. The Balaban J connectivity index is 1.92. The van der Waals surface area contributed by atoms with Crippen LogP contribution in [0.25, 0.3) is 0 Å². The summed E-state index contributed by atoms with van der Waals surface area (Å²) in [6.45, 7) is 3.57. The topological polar surface area (TPSA) is 44.5 Å². The van der Waals surface area contributed by atoms with Gasteiger partial charge in [-0.25, -0.2) is 0 Å². The Morgan fingerprint density at radius 1 is 1.44 bits per heavy atom. The van der Waals surface area contributed by atoms with Crippen molar-refractivity contribution in [3.63, 3.8) is 0 Å². The van der Waals surface area contributed by atoms with Gasteiger partial charge in [0.05, 0.1) is 12.7 Å². The van der Waals surface area contributed by atoms with Gasteiger partial charge < -0.3 is 15.2 Å². The van der Waals surface area contributed by atoms with E-state index >= 15 is 0 Å². The van der Waals surface area contributed by atoms with Gasteiger partial charge in [0, 0.05) is 22.9 Å². The molecule has 1 aliphatic heterocycles. The van der Waals surface area contributed by atoms with Crippen LogP contribution in [-0.2, 0) is 4.74 Å². The maximum absolute atomic E-state index is 5.98. The molecule has 3 nitrogen and oxygen atoms in total. The quantitative estimate of drug-likeness (QED) is 0.656. The molecule has 0 aromatic heterocycles. The second-order valence-corrected chi connectivity index (χ2v) is 5.49. The molecule has 1 aromatic carbocycles. The van der Waals surface area contributed by atoms with E-state index in [2.05, 4.69) is 0 Å². The number of rotatable bonds is 5. The fourth-order valence-corrected chi connectivity index (χ4v) is 3.08. The molecule has 1 aromatic rings. The zero-order chi connectivity index (χ0) is 12.8. The fraction of sp³-hybridized carbons (Fsp3) is 0.571. The van der Waals surface area contributed by atoms with Crippen molar-refractivity contribution in [1.82, 2.24) is 0 Å². The molecule has 1 heterocycles. The van der Waals surface area contributed by atoms with Gasteiger partial charge in [-0.1, -0.05) is 0 Å². The first kappa shape index (κ1) is 13.6. The lowest BCUT2D eigenvalue weighted by atomic mass is 10.1. The molecule has 2 N–H and O–H groups in total. The number of thioether (sulfide) groups is 1. The van der Waals surface area contributed by atoms with E-state index in [9.17, 15) is 0 Å². The summed E-state index contributed by atoms with van der Waals surface area (Å²) in [5.74, 6) is 1.86. The smallest absolute Gasteiger partial charge is 0.120 e. The number of nitrogens with two attached hydrogens (primary N) is 1. The molecule has 0 bridgehead atoms. The number of hydrogen-bond donors (Lipinski definition) is 1. The normalized spacial score (nSPS) is 19.7. The molecule has 100 valence electrons. The Hall–Kier alpha value is -0.870. The average Bonchev–Trinajstić information content (AvgIpc) is 2.41. The molecular formula is C14H21NO2S. The lowest BCUT2D eigenvalue weighted by Crippen LogP contribution is -2.21. The Morgan fingerprint density at radius 2 is 2.33 bits per heavy atom. The summed E-state index contributed by atoms with van der Waals surface area (Å²) in [5.41, 5.74) is 6.80. The highest BCUT2D eigenvalue weighted by Crippen LogP contribution is 2.31. The van der Waals surface area contributed by atoms with Crippen molar-refractivity contribution < 1.29 is 9.47 Å². The minimum atomic E-state index is 0.374. The summed E-state index contributed by atoms with van der Waals surface area (Å²) in [4.78, 5) is 1.09. The zero-order valence-corrected chi connectivity index (χ0v) is 11.7. The third-order valence-electron chi connectivity index (χ3n) is 2.99. The molecule has 2 rings (SSSR count). The van der Waals surface area contributed by atoms with Gasteiger partial charge in [0.25, 0.3) is 0 Å². The van der Waals surface area contributed by atoms with Crippen LogP contribution in [-0.4, -0.2) is 25.1 Å². The highest BCUT2D eigenvalue weighted by molar-refractivity contribution is 7.99. The lowest BCUT2D eigenvalue weighted by Gasteiger charge is -2.22. The number of ether oxygens (including phenoxy) is 2. The molecule has 18 heavy (non-hydrogen) atoms. The summed E-state index contributed by atoms with van der Waals surface area (Å²) in [6.07, 6.45) is 4.01. The van der Waals surface area contributed by atoms with Gasteiger partial charge in [0.1, 0.15) is 5.75 Å². The summed E-state index contributed by atoms with van der Waals surface area (Å²) in [5, 5.41) is 0. The van der Waals surface area contributed by atoms with Gasteiger partial charge in [0.2, 0.25) is 0 Å². The number of hydrogen-bond acceptors (Lipinski definition) is 4. The molecule has 1 saturated heterocycles. The third-order valence-corrected chi connectivity index (χ3v) is 4.20. The standard InChI is InChI=1S/C14H21NO2S/c1-2-16-11-6-7-13(15)14(9-11)18-10-12-5-3-4-8-17-12/h6-7,9,12H,2-5,8,10,15H2,1H3. The van der Waals surface area contributed by atoms with Crippen LogP contribution in [0.15, 0.2) is 23.1 Å². The van der Waals surface area contributed by atoms with E-state index < -0.39 is 0 Å². The first-order chi connectivity index (χ1) is 8.79. The summed E-state index contributed by atoms with van der Waals surface area (Å²) >= 11 is 1.76. The first-order valence-corrected chi connectivity index (χ1v) is 7.55. The van der Waals surface area contributed by atoms with E-state index in [1.807, 2.05) is 25.1 Å². The van der Waals surface area contributed by atoms with Crippen LogP contribution in [0.2, 0.25) is 0 Å². The van der Waals surface area contributed by atoms with Gasteiger partial charge in [0.15, 0.2) is 0 Å². The van der Waals surface area contributed by atoms with Crippen molar-refractivity contribution in [3.8, 4) is 5.75 Å². The molecule has 0 spiro atoms. The van der Waals surface area contributed by atoms with Crippen LogP contribution in [0.5, 0.6) is 5.75 Å². The van der Waals surface area contributed by atoms with Crippen LogP contribution in [0, 0.1) is 0 Å². The minimum Gasteiger partial charge on any atom is -0.494 e. The second-order valence-electron chi connectivity index (χ2n) is 4.43. The van der Waals surface area contributed by atoms with E-state index in [1.54, 1.807) is 11.8 Å². The van der Waals surface area contributed by atoms with Crippen LogP contribution in [0.4, 0.5) is 5.69 Å². The third kappa shape index (κ3) is 3.82. The highest BCUT2D eigenvalue weighted by atomic mass is 32.2. The largest absolute Gasteiger partial charge is 0.494 e. The Bertz CT molecular complexity index is 378. The van der Waals surface area contributed by atoms with Crippen molar-refractivity contribution >= 4 is 17.4 Å². The van der Waals surface area contributed by atoms with E-state index in [0.29, 0.717) is 12.7 Å². The van der Waals surface area contributed by atoms with E-state index in [1.165, 1.54) is 12.8 Å². The minimum absolute atomic E-state index is 0.374. The molecular weight excluding hydrogens is 246 g/mol. The molecule has 1 unspecified atom stereocenters. The Kier molecular flexibility index (Phi) is 5.20. The van der Waals surface area contributed by atoms with Crippen molar-refractivity contribution in [2.45, 2.75) is 37.2 Å². The Morgan fingerprint density at radius 3 is 3.06 bits per heavy atom. The van der Waals surface area contributed by atoms with Crippen molar-refractivity contribution in [2.75, 3.05) is 24.7 Å². The average molecular weight is 267 g/mol. The van der Waals surface area contributed by atoms with Crippen LogP contribution < -0.4 is 10.5 Å². The van der Waals surface area contributed by atoms with Crippen molar-refractivity contribution in [2.24, 2.45) is 0 Å². The number of nitrogen functional groups attached to an aromatic ring is 1. The second kappa shape index (κ2) is 6.90. The van der Waals surface area contributed by atoms with Crippen LogP contribution in [0.3, 0.4) is 0 Å². The van der Waals surface area contributed by atoms with Crippen molar-refractivity contribution in [3.05, 3.63) is 18.2 Å². The van der Waals surface area contributed by atoms with Gasteiger partial charge in [-0.05, 0) is 44.4 Å². The SMILES string of the molecule is CCOc1ccc(N)c(SCC2CCCCO2)c1. The molecule has 0 saturated carbocycles. The molecule has 1 atom stereocenters. The van der Waals surface area contributed by atoms with Crippen LogP contribution in [0.1, 0.15) is 26.2 Å². The van der Waals surface area contributed by atoms with Crippen LogP contribution >= 0.6 is 11.8 Å². The monoisotopic (exact) mass is 267 g/mol. The number of anilines is 1. The number of benzene rings is 1. The first-order valence-electron chi connectivity index (χ1n) is 6.56. The summed E-state index contributed by atoms with van der Waals surface area (Å²) in [6, 6.07) is 5.85. The summed E-state index contributed by atoms with van der Waals surface area (Å²) < 4.78 is 11.2. The van der Waals surface area contributed by atoms with Gasteiger partial charge in [-0.15, -0.1) is 11.8 Å². The maximum atomic E-state index is 5.98. The predicted molar refractivity (Wildman–Crippen MR) is 76.3 cm³/mol. The lowest BCUT2D eigenvalue weighted by molar-refractivity contribution is 0.0315.